The molecule has 0 aliphatic carbocycles. The zero-order valence-corrected chi connectivity index (χ0v) is 19.2. The number of ether oxygens (including phenoxy) is 3. The molecule has 0 bridgehead atoms. The number of rotatable bonds is 7. The van der Waals surface area contributed by atoms with Gasteiger partial charge in [-0.25, -0.2) is 4.98 Å². The van der Waals surface area contributed by atoms with Crippen LogP contribution in [-0.4, -0.2) is 62.0 Å². The minimum atomic E-state index is 0.0102. The Hall–Kier alpha value is -2.39. The van der Waals surface area contributed by atoms with Crippen molar-refractivity contribution < 1.29 is 19.0 Å². The molecule has 1 saturated heterocycles. The van der Waals surface area contributed by atoms with Crippen LogP contribution in [0.25, 0.3) is 10.2 Å². The van der Waals surface area contributed by atoms with Crippen molar-refractivity contribution in [2.24, 2.45) is 0 Å². The van der Waals surface area contributed by atoms with E-state index in [0.29, 0.717) is 28.2 Å². The molecule has 1 aromatic heterocycles. The van der Waals surface area contributed by atoms with Crippen LogP contribution in [0.4, 0.5) is 5.13 Å². The van der Waals surface area contributed by atoms with Gasteiger partial charge in [0.1, 0.15) is 0 Å². The van der Waals surface area contributed by atoms with Gasteiger partial charge in [-0.2, -0.15) is 0 Å². The van der Waals surface area contributed by atoms with E-state index in [1.54, 1.807) is 0 Å². The molecule has 2 aliphatic rings. The number of carbonyl (C=O) groups excluding carboxylic acids is 1. The van der Waals surface area contributed by atoms with Crippen LogP contribution < -0.4 is 14.4 Å². The minimum absolute atomic E-state index is 0.0102. The number of aromatic nitrogens is 1. The zero-order valence-electron chi connectivity index (χ0n) is 17.6. The molecule has 0 spiro atoms. The maximum absolute atomic E-state index is 13.4. The van der Waals surface area contributed by atoms with Crippen LogP contribution in [0.5, 0.6) is 11.5 Å². The predicted molar refractivity (Wildman–Crippen MR) is 125 cm³/mol. The molecule has 2 aliphatic heterocycles. The molecule has 3 aromatic rings. The second-order valence-electron chi connectivity index (χ2n) is 7.83. The van der Waals surface area contributed by atoms with E-state index in [4.69, 9.17) is 30.8 Å². The number of amides is 1. The summed E-state index contributed by atoms with van der Waals surface area (Å²) >= 11 is 7.65. The summed E-state index contributed by atoms with van der Waals surface area (Å²) in [6.45, 7) is 5.16. The number of benzene rings is 2. The van der Waals surface area contributed by atoms with E-state index in [9.17, 15) is 4.79 Å². The van der Waals surface area contributed by atoms with E-state index in [1.165, 1.54) is 11.3 Å². The van der Waals surface area contributed by atoms with Crippen molar-refractivity contribution in [3.05, 3.63) is 47.0 Å². The Labute approximate surface area is 195 Å². The summed E-state index contributed by atoms with van der Waals surface area (Å²) in [7, 11) is 0. The molecule has 0 radical (unpaired) electrons. The maximum Gasteiger partial charge on any atom is 0.233 e. The van der Waals surface area contributed by atoms with E-state index >= 15 is 0 Å². The lowest BCUT2D eigenvalue weighted by atomic mass is 10.1. The van der Waals surface area contributed by atoms with Crippen molar-refractivity contribution in [3.63, 3.8) is 0 Å². The first-order valence-corrected chi connectivity index (χ1v) is 11.9. The molecule has 0 unspecified atom stereocenters. The van der Waals surface area contributed by atoms with Gasteiger partial charge in [0.2, 0.25) is 12.7 Å². The summed E-state index contributed by atoms with van der Waals surface area (Å²) in [6, 6.07) is 11.3. The molecule has 7 nitrogen and oxygen atoms in total. The molecule has 0 atom stereocenters. The number of thiazole rings is 1. The molecule has 2 aromatic carbocycles. The lowest BCUT2D eigenvalue weighted by Gasteiger charge is -2.27. The van der Waals surface area contributed by atoms with E-state index in [0.717, 1.165) is 55.0 Å². The molecule has 5 rings (SSSR count). The predicted octanol–water partition coefficient (Wildman–Crippen LogP) is 3.98. The normalized spacial score (nSPS) is 15.9. The van der Waals surface area contributed by atoms with Gasteiger partial charge >= 0.3 is 0 Å². The zero-order chi connectivity index (χ0) is 21.9. The molecular weight excluding hydrogens is 450 g/mol. The van der Waals surface area contributed by atoms with Crippen molar-refractivity contribution in [1.82, 2.24) is 9.88 Å². The van der Waals surface area contributed by atoms with Gasteiger partial charge in [0.25, 0.3) is 0 Å². The third kappa shape index (κ3) is 4.83. The van der Waals surface area contributed by atoms with Gasteiger partial charge in [0.05, 0.1) is 29.9 Å². The summed E-state index contributed by atoms with van der Waals surface area (Å²) < 4.78 is 17.2. The SMILES string of the molecule is O=C(Cc1ccc2c(c1)OCO2)N(CCCN1CCOCC1)c1nc2ccc(Cl)cc2s1. The van der Waals surface area contributed by atoms with Crippen molar-refractivity contribution in [1.29, 1.82) is 0 Å². The van der Waals surface area contributed by atoms with Crippen molar-refractivity contribution >= 4 is 44.2 Å². The van der Waals surface area contributed by atoms with E-state index in [2.05, 4.69) is 4.90 Å². The number of hydrogen-bond donors (Lipinski definition) is 0. The van der Waals surface area contributed by atoms with E-state index in [1.807, 2.05) is 41.3 Å². The lowest BCUT2D eigenvalue weighted by Crippen LogP contribution is -2.39. The number of halogens is 1. The molecule has 32 heavy (non-hydrogen) atoms. The fraction of sp³-hybridized carbons (Fsp3) is 0.391. The van der Waals surface area contributed by atoms with E-state index in [-0.39, 0.29) is 19.1 Å². The van der Waals surface area contributed by atoms with Crippen LogP contribution in [0, 0.1) is 0 Å². The van der Waals surface area contributed by atoms with Crippen LogP contribution in [-0.2, 0) is 16.0 Å². The highest BCUT2D eigenvalue weighted by Crippen LogP contribution is 2.34. The first-order valence-electron chi connectivity index (χ1n) is 10.7. The molecule has 0 saturated carbocycles. The smallest absolute Gasteiger partial charge is 0.233 e. The Morgan fingerprint density at radius 1 is 1.12 bits per heavy atom. The Morgan fingerprint density at radius 2 is 1.97 bits per heavy atom. The fourth-order valence-electron chi connectivity index (χ4n) is 3.93. The van der Waals surface area contributed by atoms with Crippen molar-refractivity contribution in [2.45, 2.75) is 12.8 Å². The third-order valence-electron chi connectivity index (χ3n) is 5.62. The molecule has 0 N–H and O–H groups in total. The quantitative estimate of drug-likeness (QED) is 0.517. The summed E-state index contributed by atoms with van der Waals surface area (Å²) in [5.74, 6) is 1.41. The highest BCUT2D eigenvalue weighted by Gasteiger charge is 2.22. The highest BCUT2D eigenvalue weighted by atomic mass is 35.5. The van der Waals surface area contributed by atoms with Gasteiger partial charge in [0.15, 0.2) is 16.6 Å². The Kier molecular flexibility index (Phi) is 6.45. The van der Waals surface area contributed by atoms with Crippen LogP contribution >= 0.6 is 22.9 Å². The largest absolute Gasteiger partial charge is 0.454 e. The minimum Gasteiger partial charge on any atom is -0.454 e. The lowest BCUT2D eigenvalue weighted by molar-refractivity contribution is -0.118. The average Bonchev–Trinajstić information content (AvgIpc) is 3.43. The first kappa shape index (κ1) is 21.5. The number of carbonyl (C=O) groups is 1. The standard InChI is InChI=1S/C23H24ClN3O4S/c24-17-3-4-18-21(14-17)32-23(25-18)27(7-1-6-26-8-10-29-11-9-26)22(28)13-16-2-5-19-20(12-16)31-15-30-19/h2-5,12,14H,1,6-11,13,15H2. The molecule has 168 valence electrons. The molecule has 1 amide bonds. The van der Waals surface area contributed by atoms with Gasteiger partial charge in [-0.05, 0) is 42.3 Å². The summed E-state index contributed by atoms with van der Waals surface area (Å²) in [5.41, 5.74) is 1.74. The van der Waals surface area contributed by atoms with Gasteiger partial charge in [-0.3, -0.25) is 14.6 Å². The average molecular weight is 474 g/mol. The van der Waals surface area contributed by atoms with Crippen LogP contribution in [0.1, 0.15) is 12.0 Å². The van der Waals surface area contributed by atoms with Gasteiger partial charge in [-0.1, -0.05) is 29.0 Å². The second kappa shape index (κ2) is 9.62. The topological polar surface area (TPSA) is 64.1 Å². The number of fused-ring (bicyclic) bond motifs is 2. The third-order valence-corrected chi connectivity index (χ3v) is 6.90. The van der Waals surface area contributed by atoms with Crippen molar-refractivity contribution in [3.8, 4) is 11.5 Å². The number of morpholine rings is 1. The summed E-state index contributed by atoms with van der Waals surface area (Å²) in [4.78, 5) is 22.3. The monoisotopic (exact) mass is 473 g/mol. The number of nitrogens with zero attached hydrogens (tertiary/aromatic N) is 3. The second-order valence-corrected chi connectivity index (χ2v) is 9.27. The van der Waals surface area contributed by atoms with Gasteiger partial charge in [-0.15, -0.1) is 0 Å². The molecule has 1 fully saturated rings. The van der Waals surface area contributed by atoms with Crippen molar-refractivity contribution in [2.75, 3.05) is 51.1 Å². The Bertz CT molecular complexity index is 1120. The number of hydrogen-bond acceptors (Lipinski definition) is 7. The van der Waals surface area contributed by atoms with Crippen LogP contribution in [0.3, 0.4) is 0 Å². The highest BCUT2D eigenvalue weighted by molar-refractivity contribution is 7.22. The van der Waals surface area contributed by atoms with Gasteiger partial charge < -0.3 is 14.2 Å². The fourth-order valence-corrected chi connectivity index (χ4v) is 5.21. The summed E-state index contributed by atoms with van der Waals surface area (Å²) in [5, 5.41) is 1.37. The Balaban J connectivity index is 1.34. The maximum atomic E-state index is 13.4. The Morgan fingerprint density at radius 3 is 2.84 bits per heavy atom. The number of anilines is 1. The first-order chi connectivity index (χ1) is 15.7. The molecular formula is C23H24ClN3O4S. The molecule has 3 heterocycles. The van der Waals surface area contributed by atoms with Crippen LogP contribution in [0.15, 0.2) is 36.4 Å². The molecule has 9 heteroatoms. The van der Waals surface area contributed by atoms with Crippen LogP contribution in [0.2, 0.25) is 5.02 Å². The van der Waals surface area contributed by atoms with Gasteiger partial charge in [0, 0.05) is 31.2 Å². The van der Waals surface area contributed by atoms with E-state index < -0.39 is 0 Å². The summed E-state index contributed by atoms with van der Waals surface area (Å²) in [6.07, 6.45) is 1.13.